The summed E-state index contributed by atoms with van der Waals surface area (Å²) in [5.74, 6) is -0.0425. The van der Waals surface area contributed by atoms with E-state index in [2.05, 4.69) is 74.2 Å². The number of methoxy groups -OCH3 is 1. The van der Waals surface area contributed by atoms with Gasteiger partial charge in [0.15, 0.2) is 0 Å². The minimum absolute atomic E-state index is 0.0963. The third-order valence-corrected chi connectivity index (χ3v) is 5.33. The first kappa shape index (κ1) is 18.7. The Morgan fingerprint density at radius 3 is 2.46 bits per heavy atom. The summed E-state index contributed by atoms with van der Waals surface area (Å²) < 4.78 is 5.12. The average Bonchev–Trinajstić information content (AvgIpc) is 3.05. The Morgan fingerprint density at radius 1 is 1.08 bits per heavy atom. The van der Waals surface area contributed by atoms with E-state index >= 15 is 0 Å². The van der Waals surface area contributed by atoms with E-state index in [1.807, 2.05) is 6.07 Å². The number of carbonyl (C=O) groups is 1. The number of hydrogen-bond donors (Lipinski definition) is 0. The second-order valence-electron chi connectivity index (χ2n) is 8.29. The number of ether oxygens (including phenoxy) is 1. The molecule has 1 aliphatic heterocycles. The molecule has 0 aliphatic carbocycles. The molecule has 2 aromatic carbocycles. The van der Waals surface area contributed by atoms with Crippen molar-refractivity contribution in [3.05, 3.63) is 71.3 Å². The smallest absolute Gasteiger partial charge is 0.310 e. The number of nitrogens with zero attached hydrogens (tertiary/aromatic N) is 1. The van der Waals surface area contributed by atoms with Gasteiger partial charge in [-0.25, -0.2) is 0 Å². The highest BCUT2D eigenvalue weighted by Gasteiger charge is 2.39. The van der Waals surface area contributed by atoms with E-state index < -0.39 is 0 Å². The van der Waals surface area contributed by atoms with Crippen LogP contribution in [-0.2, 0) is 21.5 Å². The molecule has 2 aromatic rings. The van der Waals surface area contributed by atoms with Crippen molar-refractivity contribution in [3.8, 4) is 0 Å². The Labute approximate surface area is 157 Å². The van der Waals surface area contributed by atoms with Crippen LogP contribution in [0.3, 0.4) is 0 Å². The molecule has 3 rings (SSSR count). The molecule has 0 saturated carbocycles. The van der Waals surface area contributed by atoms with Crippen molar-refractivity contribution in [1.82, 2.24) is 4.90 Å². The van der Waals surface area contributed by atoms with E-state index in [9.17, 15) is 4.79 Å². The molecule has 1 aliphatic rings. The monoisotopic (exact) mass is 351 g/mol. The summed E-state index contributed by atoms with van der Waals surface area (Å²) in [4.78, 5) is 14.8. The Hall–Kier alpha value is -2.13. The van der Waals surface area contributed by atoms with Gasteiger partial charge < -0.3 is 4.74 Å². The summed E-state index contributed by atoms with van der Waals surface area (Å²) in [6.45, 7) is 9.15. The lowest BCUT2D eigenvalue weighted by Crippen LogP contribution is -2.24. The molecule has 26 heavy (non-hydrogen) atoms. The molecule has 0 bridgehead atoms. The van der Waals surface area contributed by atoms with Crippen molar-refractivity contribution >= 4 is 5.97 Å². The molecular weight excluding hydrogens is 322 g/mol. The molecule has 3 heteroatoms. The maximum absolute atomic E-state index is 12.4. The maximum atomic E-state index is 12.4. The molecule has 0 unspecified atom stereocenters. The SMILES string of the molecule is COC(=O)[C@H]1CN(Cc2ccccc2)C[C@@H]1c1cccc(C(C)(C)C)c1. The number of likely N-dealkylation sites (tertiary alicyclic amines) is 1. The Morgan fingerprint density at radius 2 is 1.81 bits per heavy atom. The van der Waals surface area contributed by atoms with Gasteiger partial charge in [0, 0.05) is 25.6 Å². The molecule has 0 N–H and O–H groups in total. The second kappa shape index (κ2) is 7.63. The van der Waals surface area contributed by atoms with Crippen LogP contribution in [0.25, 0.3) is 0 Å². The van der Waals surface area contributed by atoms with Crippen LogP contribution in [0, 0.1) is 5.92 Å². The highest BCUT2D eigenvalue weighted by atomic mass is 16.5. The summed E-state index contributed by atoms with van der Waals surface area (Å²) in [5.41, 5.74) is 3.92. The fourth-order valence-electron chi connectivity index (χ4n) is 3.82. The van der Waals surface area contributed by atoms with Crippen molar-refractivity contribution < 1.29 is 9.53 Å². The summed E-state index contributed by atoms with van der Waals surface area (Å²) in [6.07, 6.45) is 0. The van der Waals surface area contributed by atoms with Crippen molar-refractivity contribution in [3.63, 3.8) is 0 Å². The van der Waals surface area contributed by atoms with E-state index in [-0.39, 0.29) is 23.2 Å². The lowest BCUT2D eigenvalue weighted by molar-refractivity contribution is -0.145. The average molecular weight is 351 g/mol. The minimum Gasteiger partial charge on any atom is -0.469 e. The molecule has 0 aromatic heterocycles. The minimum atomic E-state index is -0.112. The van der Waals surface area contributed by atoms with Crippen molar-refractivity contribution in [2.24, 2.45) is 5.92 Å². The molecule has 2 atom stereocenters. The fourth-order valence-corrected chi connectivity index (χ4v) is 3.82. The van der Waals surface area contributed by atoms with E-state index in [0.29, 0.717) is 0 Å². The Kier molecular flexibility index (Phi) is 5.47. The van der Waals surface area contributed by atoms with Gasteiger partial charge in [0.05, 0.1) is 13.0 Å². The lowest BCUT2D eigenvalue weighted by atomic mass is 9.82. The van der Waals surface area contributed by atoms with Gasteiger partial charge in [-0.2, -0.15) is 0 Å². The zero-order valence-corrected chi connectivity index (χ0v) is 16.2. The molecule has 0 spiro atoms. The zero-order chi connectivity index (χ0) is 18.7. The Balaban J connectivity index is 1.85. The molecule has 1 saturated heterocycles. The normalized spacial score (nSPS) is 20.9. The number of carbonyl (C=O) groups excluding carboxylic acids is 1. The number of hydrogen-bond acceptors (Lipinski definition) is 3. The van der Waals surface area contributed by atoms with Crippen molar-refractivity contribution in [2.75, 3.05) is 20.2 Å². The lowest BCUT2D eigenvalue weighted by Gasteiger charge is -2.23. The van der Waals surface area contributed by atoms with Crippen LogP contribution < -0.4 is 0 Å². The van der Waals surface area contributed by atoms with E-state index in [0.717, 1.165) is 19.6 Å². The summed E-state index contributed by atoms with van der Waals surface area (Å²) in [6, 6.07) is 19.2. The predicted octanol–water partition coefficient (Wildman–Crippen LogP) is 4.37. The van der Waals surface area contributed by atoms with Crippen LogP contribution in [0.15, 0.2) is 54.6 Å². The third kappa shape index (κ3) is 4.16. The van der Waals surface area contributed by atoms with Gasteiger partial charge in [-0.15, -0.1) is 0 Å². The van der Waals surface area contributed by atoms with Crippen LogP contribution in [0.4, 0.5) is 0 Å². The highest BCUT2D eigenvalue weighted by Crippen LogP contribution is 2.36. The third-order valence-electron chi connectivity index (χ3n) is 5.33. The molecular formula is C23H29NO2. The number of benzene rings is 2. The van der Waals surface area contributed by atoms with Crippen LogP contribution in [-0.4, -0.2) is 31.1 Å². The maximum Gasteiger partial charge on any atom is 0.310 e. The second-order valence-corrected chi connectivity index (χ2v) is 8.29. The molecule has 1 fully saturated rings. The van der Waals surface area contributed by atoms with Crippen molar-refractivity contribution in [2.45, 2.75) is 38.6 Å². The zero-order valence-electron chi connectivity index (χ0n) is 16.2. The standard InChI is InChI=1S/C23H29NO2/c1-23(2,3)19-12-8-11-18(13-19)20-15-24(16-21(20)22(25)26-4)14-17-9-6-5-7-10-17/h5-13,20-21H,14-16H2,1-4H3/t20-,21+/m1/s1. The van der Waals surface area contributed by atoms with Gasteiger partial charge in [-0.3, -0.25) is 9.69 Å². The van der Waals surface area contributed by atoms with Crippen LogP contribution in [0.1, 0.15) is 43.4 Å². The van der Waals surface area contributed by atoms with Gasteiger partial charge >= 0.3 is 5.97 Å². The number of esters is 1. The van der Waals surface area contributed by atoms with Gasteiger partial charge in [0.25, 0.3) is 0 Å². The van der Waals surface area contributed by atoms with Crippen LogP contribution in [0.2, 0.25) is 0 Å². The van der Waals surface area contributed by atoms with Crippen molar-refractivity contribution in [1.29, 1.82) is 0 Å². The van der Waals surface area contributed by atoms with Gasteiger partial charge in [0.2, 0.25) is 0 Å². The van der Waals surface area contributed by atoms with Gasteiger partial charge in [-0.05, 0) is 22.1 Å². The summed E-state index contributed by atoms with van der Waals surface area (Å²) in [5, 5.41) is 0. The molecule has 0 amide bonds. The van der Waals surface area contributed by atoms with E-state index in [4.69, 9.17) is 4.74 Å². The highest BCUT2D eigenvalue weighted by molar-refractivity contribution is 5.74. The molecule has 3 nitrogen and oxygen atoms in total. The first-order chi connectivity index (χ1) is 12.4. The van der Waals surface area contributed by atoms with E-state index in [1.54, 1.807) is 0 Å². The van der Waals surface area contributed by atoms with Gasteiger partial charge in [-0.1, -0.05) is 75.4 Å². The molecule has 138 valence electrons. The molecule has 0 radical (unpaired) electrons. The predicted molar refractivity (Wildman–Crippen MR) is 105 cm³/mol. The number of rotatable bonds is 4. The first-order valence-corrected chi connectivity index (χ1v) is 9.33. The quantitative estimate of drug-likeness (QED) is 0.766. The summed E-state index contributed by atoms with van der Waals surface area (Å²) >= 11 is 0. The van der Waals surface area contributed by atoms with E-state index in [1.165, 1.54) is 23.8 Å². The Bertz CT molecular complexity index is 748. The van der Waals surface area contributed by atoms with Crippen LogP contribution in [0.5, 0.6) is 0 Å². The first-order valence-electron chi connectivity index (χ1n) is 9.33. The fraction of sp³-hybridized carbons (Fsp3) is 0.435. The topological polar surface area (TPSA) is 29.5 Å². The largest absolute Gasteiger partial charge is 0.469 e. The van der Waals surface area contributed by atoms with Gasteiger partial charge in [0.1, 0.15) is 0 Å². The summed E-state index contributed by atoms with van der Waals surface area (Å²) in [7, 11) is 1.49. The van der Waals surface area contributed by atoms with Crippen LogP contribution >= 0.6 is 0 Å². The molecule has 1 heterocycles.